The van der Waals surface area contributed by atoms with E-state index in [4.69, 9.17) is 0 Å². The van der Waals surface area contributed by atoms with Gasteiger partial charge in [0.05, 0.1) is 12.5 Å². The monoisotopic (exact) mass is 293 g/mol. The van der Waals surface area contributed by atoms with Gasteiger partial charge in [-0.05, 0) is 19.8 Å². The molecule has 114 valence electrons. The standard InChI is InChI=1S/C14H19N3O4/c1-4-14(13(19)20)5-6-17(8-14)10-7-9(2)15-11(16-10)12(18)21-3/h7H,4-6,8H2,1-3H3,(H,19,20). The molecule has 21 heavy (non-hydrogen) atoms. The van der Waals surface area contributed by atoms with Gasteiger partial charge in [0, 0.05) is 24.8 Å². The highest BCUT2D eigenvalue weighted by Gasteiger charge is 2.43. The molecular formula is C14H19N3O4. The number of carbonyl (C=O) groups is 2. The van der Waals surface area contributed by atoms with Crippen LogP contribution >= 0.6 is 0 Å². The molecule has 0 saturated carbocycles. The van der Waals surface area contributed by atoms with Crippen LogP contribution in [0, 0.1) is 12.3 Å². The van der Waals surface area contributed by atoms with Crippen molar-refractivity contribution in [3.63, 3.8) is 0 Å². The van der Waals surface area contributed by atoms with Gasteiger partial charge in [0.25, 0.3) is 0 Å². The molecule has 0 radical (unpaired) electrons. The summed E-state index contributed by atoms with van der Waals surface area (Å²) in [5.41, 5.74) is -0.102. The second kappa shape index (κ2) is 5.67. The first kappa shape index (κ1) is 15.2. The van der Waals surface area contributed by atoms with Crippen molar-refractivity contribution < 1.29 is 19.4 Å². The molecular weight excluding hydrogens is 274 g/mol. The zero-order valence-corrected chi connectivity index (χ0v) is 12.4. The minimum Gasteiger partial charge on any atom is -0.481 e. The topological polar surface area (TPSA) is 92.6 Å². The third-order valence-corrected chi connectivity index (χ3v) is 4.02. The Bertz CT molecular complexity index is 575. The van der Waals surface area contributed by atoms with Gasteiger partial charge in [0.2, 0.25) is 5.82 Å². The first-order valence-corrected chi connectivity index (χ1v) is 6.84. The summed E-state index contributed by atoms with van der Waals surface area (Å²) in [5, 5.41) is 9.43. The van der Waals surface area contributed by atoms with Crippen molar-refractivity contribution in [2.24, 2.45) is 5.41 Å². The van der Waals surface area contributed by atoms with Crippen LogP contribution in [-0.4, -0.2) is 47.2 Å². The van der Waals surface area contributed by atoms with E-state index in [9.17, 15) is 14.7 Å². The highest BCUT2D eigenvalue weighted by molar-refractivity contribution is 5.85. The number of nitrogens with zero attached hydrogens (tertiary/aromatic N) is 3. The number of aliphatic carboxylic acids is 1. The van der Waals surface area contributed by atoms with E-state index in [0.29, 0.717) is 37.4 Å². The lowest BCUT2D eigenvalue weighted by Crippen LogP contribution is -2.34. The van der Waals surface area contributed by atoms with E-state index in [1.54, 1.807) is 13.0 Å². The van der Waals surface area contributed by atoms with Gasteiger partial charge >= 0.3 is 11.9 Å². The summed E-state index contributed by atoms with van der Waals surface area (Å²) < 4.78 is 4.63. The highest BCUT2D eigenvalue weighted by atomic mass is 16.5. The second-order valence-electron chi connectivity index (χ2n) is 5.29. The molecule has 1 aliphatic heterocycles. The molecule has 1 aromatic heterocycles. The van der Waals surface area contributed by atoms with Crippen LogP contribution in [0.5, 0.6) is 0 Å². The number of carboxylic acid groups (broad SMARTS) is 1. The quantitative estimate of drug-likeness (QED) is 0.835. The highest BCUT2D eigenvalue weighted by Crippen LogP contribution is 2.36. The van der Waals surface area contributed by atoms with Crippen LogP contribution in [-0.2, 0) is 9.53 Å². The molecule has 2 rings (SSSR count). The average Bonchev–Trinajstić information content (AvgIpc) is 2.91. The van der Waals surface area contributed by atoms with Crippen molar-refractivity contribution in [1.29, 1.82) is 0 Å². The molecule has 1 aliphatic rings. The molecule has 1 saturated heterocycles. The summed E-state index contributed by atoms with van der Waals surface area (Å²) in [7, 11) is 1.27. The van der Waals surface area contributed by atoms with E-state index in [2.05, 4.69) is 14.7 Å². The summed E-state index contributed by atoms with van der Waals surface area (Å²) in [6, 6.07) is 1.75. The molecule has 2 heterocycles. The maximum Gasteiger partial charge on any atom is 0.376 e. The van der Waals surface area contributed by atoms with Crippen molar-refractivity contribution in [3.8, 4) is 0 Å². The van der Waals surface area contributed by atoms with E-state index in [0.717, 1.165) is 0 Å². The zero-order valence-electron chi connectivity index (χ0n) is 12.4. The summed E-state index contributed by atoms with van der Waals surface area (Å²) in [4.78, 5) is 33.2. The fourth-order valence-electron chi connectivity index (χ4n) is 2.58. The molecule has 1 N–H and O–H groups in total. The minimum atomic E-state index is -0.786. The number of hydrogen-bond donors (Lipinski definition) is 1. The van der Waals surface area contributed by atoms with Gasteiger partial charge in [0.15, 0.2) is 0 Å². The van der Waals surface area contributed by atoms with Crippen LogP contribution in [0.25, 0.3) is 0 Å². The lowest BCUT2D eigenvalue weighted by atomic mass is 9.84. The van der Waals surface area contributed by atoms with Crippen LogP contribution in [0.3, 0.4) is 0 Å². The van der Waals surface area contributed by atoms with Crippen LogP contribution in [0.4, 0.5) is 5.82 Å². The third kappa shape index (κ3) is 2.81. The number of methoxy groups -OCH3 is 1. The Morgan fingerprint density at radius 3 is 2.71 bits per heavy atom. The smallest absolute Gasteiger partial charge is 0.376 e. The number of hydrogen-bond acceptors (Lipinski definition) is 6. The van der Waals surface area contributed by atoms with Gasteiger partial charge < -0.3 is 14.7 Å². The van der Waals surface area contributed by atoms with Crippen molar-refractivity contribution in [3.05, 3.63) is 17.6 Å². The summed E-state index contributed by atoms with van der Waals surface area (Å²) in [6.45, 7) is 4.62. The van der Waals surface area contributed by atoms with Gasteiger partial charge in [-0.15, -0.1) is 0 Å². The Labute approximate surface area is 123 Å². The number of rotatable bonds is 4. The van der Waals surface area contributed by atoms with Gasteiger partial charge in [-0.2, -0.15) is 0 Å². The first-order chi connectivity index (χ1) is 9.91. The summed E-state index contributed by atoms with van der Waals surface area (Å²) >= 11 is 0. The minimum absolute atomic E-state index is 0.00294. The van der Waals surface area contributed by atoms with E-state index in [-0.39, 0.29) is 5.82 Å². The first-order valence-electron chi connectivity index (χ1n) is 6.84. The predicted octanol–water partition coefficient (Wildman–Crippen LogP) is 1.26. The lowest BCUT2D eigenvalue weighted by molar-refractivity contribution is -0.147. The number of carboxylic acids is 1. The van der Waals surface area contributed by atoms with E-state index >= 15 is 0 Å². The third-order valence-electron chi connectivity index (χ3n) is 4.02. The fourth-order valence-corrected chi connectivity index (χ4v) is 2.58. The zero-order chi connectivity index (χ0) is 15.6. The molecule has 0 bridgehead atoms. The Morgan fingerprint density at radius 1 is 1.48 bits per heavy atom. The van der Waals surface area contributed by atoms with Gasteiger partial charge in [-0.1, -0.05) is 6.92 Å². The number of anilines is 1. The van der Waals surface area contributed by atoms with Gasteiger partial charge in [0.1, 0.15) is 5.82 Å². The maximum atomic E-state index is 11.6. The molecule has 7 nitrogen and oxygen atoms in total. The molecule has 0 aromatic carbocycles. The van der Waals surface area contributed by atoms with Crippen LogP contribution in [0.15, 0.2) is 6.07 Å². The predicted molar refractivity (Wildman–Crippen MR) is 75.3 cm³/mol. The molecule has 1 fully saturated rings. The van der Waals surface area contributed by atoms with Crippen molar-refractivity contribution >= 4 is 17.8 Å². The average molecular weight is 293 g/mol. The number of carbonyl (C=O) groups excluding carboxylic acids is 1. The Balaban J connectivity index is 2.30. The Hall–Kier alpha value is -2.18. The Morgan fingerprint density at radius 2 is 2.19 bits per heavy atom. The van der Waals surface area contributed by atoms with E-state index in [1.165, 1.54) is 7.11 Å². The molecule has 7 heteroatoms. The Kier molecular flexibility index (Phi) is 4.11. The van der Waals surface area contributed by atoms with Crippen molar-refractivity contribution in [2.45, 2.75) is 26.7 Å². The van der Waals surface area contributed by atoms with Crippen molar-refractivity contribution in [1.82, 2.24) is 9.97 Å². The molecule has 1 unspecified atom stereocenters. The maximum absolute atomic E-state index is 11.6. The van der Waals surface area contributed by atoms with Crippen LogP contribution in [0.2, 0.25) is 0 Å². The summed E-state index contributed by atoms with van der Waals surface area (Å²) in [5.74, 6) is -0.818. The van der Waals surface area contributed by atoms with E-state index in [1.807, 2.05) is 11.8 Å². The lowest BCUT2D eigenvalue weighted by Gasteiger charge is -2.23. The van der Waals surface area contributed by atoms with Gasteiger partial charge in [-0.25, -0.2) is 14.8 Å². The van der Waals surface area contributed by atoms with Crippen molar-refractivity contribution in [2.75, 3.05) is 25.1 Å². The molecule has 1 aromatic rings. The fraction of sp³-hybridized carbons (Fsp3) is 0.571. The molecule has 0 spiro atoms. The van der Waals surface area contributed by atoms with E-state index < -0.39 is 17.4 Å². The number of ether oxygens (including phenoxy) is 1. The SMILES string of the molecule is CCC1(C(=O)O)CCN(c2cc(C)nc(C(=O)OC)n2)C1. The molecule has 0 amide bonds. The van der Waals surface area contributed by atoms with Crippen LogP contribution < -0.4 is 4.90 Å². The van der Waals surface area contributed by atoms with Gasteiger partial charge in [-0.3, -0.25) is 4.79 Å². The molecule has 1 atom stereocenters. The number of esters is 1. The van der Waals surface area contributed by atoms with Crippen LogP contribution in [0.1, 0.15) is 36.1 Å². The second-order valence-corrected chi connectivity index (χ2v) is 5.29. The number of aromatic nitrogens is 2. The largest absolute Gasteiger partial charge is 0.481 e. The molecule has 0 aliphatic carbocycles. The normalized spacial score (nSPS) is 21.4. The number of aryl methyl sites for hydroxylation is 1. The summed E-state index contributed by atoms with van der Waals surface area (Å²) in [6.07, 6.45) is 1.13.